The summed E-state index contributed by atoms with van der Waals surface area (Å²) in [6, 6.07) is 8.41. The fourth-order valence-electron chi connectivity index (χ4n) is 1.85. The molecule has 2 aromatic rings. The van der Waals surface area contributed by atoms with Gasteiger partial charge in [-0.2, -0.15) is 0 Å². The first-order valence-corrected chi connectivity index (χ1v) is 8.68. The van der Waals surface area contributed by atoms with Crippen LogP contribution in [0.5, 0.6) is 5.75 Å². The Kier molecular flexibility index (Phi) is 5.09. The fourth-order valence-corrected chi connectivity index (χ4v) is 4.60. The lowest BCUT2D eigenvalue weighted by molar-refractivity contribution is 0.340. The summed E-state index contributed by atoms with van der Waals surface area (Å²) in [6.07, 6.45) is 0. The molecule has 0 fully saturated rings. The molecule has 1 aromatic heterocycles. The van der Waals surface area contributed by atoms with Gasteiger partial charge >= 0.3 is 0 Å². The van der Waals surface area contributed by atoms with Crippen LogP contribution in [0.25, 0.3) is 0 Å². The third kappa shape index (κ3) is 3.41. The van der Waals surface area contributed by atoms with Gasteiger partial charge in [0, 0.05) is 14.2 Å². The Morgan fingerprint density at radius 3 is 2.53 bits per heavy atom. The second-order valence-electron chi connectivity index (χ2n) is 4.37. The molecular formula is C15H16Br2OS. The van der Waals surface area contributed by atoms with Gasteiger partial charge in [-0.15, -0.1) is 11.3 Å². The molecule has 0 aliphatic carbocycles. The van der Waals surface area contributed by atoms with E-state index in [-0.39, 0.29) is 4.83 Å². The first-order chi connectivity index (χ1) is 9.02. The second kappa shape index (κ2) is 6.42. The average Bonchev–Trinajstić information content (AvgIpc) is 2.69. The number of benzene rings is 1. The van der Waals surface area contributed by atoms with E-state index in [4.69, 9.17) is 4.74 Å². The van der Waals surface area contributed by atoms with E-state index < -0.39 is 0 Å². The molecule has 0 spiro atoms. The van der Waals surface area contributed by atoms with Gasteiger partial charge < -0.3 is 4.74 Å². The zero-order valence-corrected chi connectivity index (χ0v) is 15.2. The Balaban J connectivity index is 2.30. The zero-order valence-electron chi connectivity index (χ0n) is 11.2. The van der Waals surface area contributed by atoms with E-state index in [2.05, 4.69) is 57.8 Å². The Morgan fingerprint density at radius 1 is 1.26 bits per heavy atom. The summed E-state index contributed by atoms with van der Waals surface area (Å²) in [4.78, 5) is 2.93. The van der Waals surface area contributed by atoms with Gasteiger partial charge in [-0.3, -0.25) is 0 Å². The van der Waals surface area contributed by atoms with Crippen molar-refractivity contribution in [3.63, 3.8) is 0 Å². The lowest BCUT2D eigenvalue weighted by Gasteiger charge is -2.12. The highest BCUT2D eigenvalue weighted by molar-refractivity contribution is 9.11. The van der Waals surface area contributed by atoms with Crippen LogP contribution in [0.2, 0.25) is 0 Å². The number of hydrogen-bond donors (Lipinski definition) is 0. The zero-order chi connectivity index (χ0) is 14.0. The smallest absolute Gasteiger partial charge is 0.120 e. The van der Waals surface area contributed by atoms with Crippen LogP contribution in [0.3, 0.4) is 0 Å². The minimum Gasteiger partial charge on any atom is -0.494 e. The third-order valence-electron chi connectivity index (χ3n) is 2.99. The standard InChI is InChI=1S/C15H16Br2OS/c1-4-18-11-5-6-12(13(16)8-11)15(17)14-7-9(2)10(3)19-14/h5-8,15H,4H2,1-3H3. The van der Waals surface area contributed by atoms with Crippen LogP contribution >= 0.6 is 43.2 Å². The lowest BCUT2D eigenvalue weighted by atomic mass is 10.1. The molecule has 1 nitrogen and oxygen atoms in total. The van der Waals surface area contributed by atoms with Crippen molar-refractivity contribution in [2.45, 2.75) is 25.6 Å². The molecule has 0 aliphatic heterocycles. The van der Waals surface area contributed by atoms with Crippen molar-refractivity contribution in [2.24, 2.45) is 0 Å². The van der Waals surface area contributed by atoms with Crippen LogP contribution < -0.4 is 4.74 Å². The maximum Gasteiger partial charge on any atom is 0.120 e. The summed E-state index contributed by atoms with van der Waals surface area (Å²) in [5, 5.41) is 0. The van der Waals surface area contributed by atoms with Gasteiger partial charge in [-0.1, -0.05) is 37.9 Å². The van der Waals surface area contributed by atoms with E-state index >= 15 is 0 Å². The summed E-state index contributed by atoms with van der Waals surface area (Å²) in [5.74, 6) is 0.899. The molecule has 1 aromatic carbocycles. The topological polar surface area (TPSA) is 9.23 Å². The third-order valence-corrected chi connectivity index (χ3v) is 6.18. The highest BCUT2D eigenvalue weighted by Gasteiger charge is 2.17. The van der Waals surface area contributed by atoms with Gasteiger partial charge in [0.1, 0.15) is 5.75 Å². The molecular weight excluding hydrogens is 388 g/mol. The predicted octanol–water partition coefficient (Wildman–Crippen LogP) is 6.01. The van der Waals surface area contributed by atoms with Crippen molar-refractivity contribution >= 4 is 43.2 Å². The molecule has 0 radical (unpaired) electrons. The van der Waals surface area contributed by atoms with Gasteiger partial charge in [0.25, 0.3) is 0 Å². The first-order valence-electron chi connectivity index (χ1n) is 6.16. The first kappa shape index (κ1) is 15.1. The second-order valence-corrected chi connectivity index (χ2v) is 7.42. The maximum atomic E-state index is 5.51. The van der Waals surface area contributed by atoms with Gasteiger partial charge in [0.15, 0.2) is 0 Å². The number of ether oxygens (including phenoxy) is 1. The average molecular weight is 404 g/mol. The summed E-state index contributed by atoms with van der Waals surface area (Å²) >= 11 is 9.27. The summed E-state index contributed by atoms with van der Waals surface area (Å²) in [6.45, 7) is 7.00. The number of hydrogen-bond acceptors (Lipinski definition) is 2. The lowest BCUT2D eigenvalue weighted by Crippen LogP contribution is -1.95. The molecule has 0 amide bonds. The SMILES string of the molecule is CCOc1ccc(C(Br)c2cc(C)c(C)s2)c(Br)c1. The van der Waals surface area contributed by atoms with Crippen molar-refractivity contribution in [1.82, 2.24) is 0 Å². The van der Waals surface area contributed by atoms with E-state index in [1.54, 1.807) is 0 Å². The van der Waals surface area contributed by atoms with Crippen molar-refractivity contribution < 1.29 is 4.74 Å². The highest BCUT2D eigenvalue weighted by Crippen LogP contribution is 2.40. The molecule has 0 saturated carbocycles. The van der Waals surface area contributed by atoms with Crippen LogP contribution in [0.1, 0.15) is 32.6 Å². The van der Waals surface area contributed by atoms with Crippen LogP contribution in [0.15, 0.2) is 28.7 Å². The molecule has 0 aliphatic rings. The van der Waals surface area contributed by atoms with E-state index in [0.29, 0.717) is 6.61 Å². The van der Waals surface area contributed by atoms with Crippen LogP contribution in [0, 0.1) is 13.8 Å². The number of alkyl halides is 1. The monoisotopic (exact) mass is 402 g/mol. The van der Waals surface area contributed by atoms with Gasteiger partial charge in [-0.05, 0) is 50.1 Å². The molecule has 102 valence electrons. The largest absolute Gasteiger partial charge is 0.494 e. The molecule has 4 heteroatoms. The number of halogens is 2. The predicted molar refractivity (Wildman–Crippen MR) is 89.9 cm³/mol. The maximum absolute atomic E-state index is 5.51. The molecule has 0 saturated heterocycles. The number of rotatable bonds is 4. The summed E-state index contributed by atoms with van der Waals surface area (Å²) in [7, 11) is 0. The van der Waals surface area contributed by atoms with E-state index in [9.17, 15) is 0 Å². The minimum absolute atomic E-state index is 0.218. The molecule has 1 unspecified atom stereocenters. The van der Waals surface area contributed by atoms with Gasteiger partial charge in [0.2, 0.25) is 0 Å². The molecule has 1 atom stereocenters. The van der Waals surface area contributed by atoms with Gasteiger partial charge in [0.05, 0.1) is 11.4 Å². The Morgan fingerprint density at radius 2 is 2.00 bits per heavy atom. The Hall–Kier alpha value is -0.320. The fraction of sp³-hybridized carbons (Fsp3) is 0.333. The highest BCUT2D eigenvalue weighted by atomic mass is 79.9. The minimum atomic E-state index is 0.218. The van der Waals surface area contributed by atoms with Crippen LogP contribution in [-0.4, -0.2) is 6.61 Å². The van der Waals surface area contributed by atoms with Crippen LogP contribution in [0.4, 0.5) is 0 Å². The quantitative estimate of drug-likeness (QED) is 0.568. The molecule has 0 N–H and O–H groups in total. The van der Waals surface area contributed by atoms with Crippen LogP contribution in [-0.2, 0) is 0 Å². The Bertz CT molecular complexity index is 558. The van der Waals surface area contributed by atoms with Crippen molar-refractivity contribution in [1.29, 1.82) is 0 Å². The number of aryl methyl sites for hydroxylation is 2. The summed E-state index contributed by atoms with van der Waals surface area (Å²) in [5.41, 5.74) is 2.58. The van der Waals surface area contributed by atoms with Crippen molar-refractivity contribution in [3.05, 3.63) is 49.6 Å². The molecule has 19 heavy (non-hydrogen) atoms. The van der Waals surface area contributed by atoms with E-state index in [0.717, 1.165) is 10.2 Å². The molecule has 0 bridgehead atoms. The molecule has 2 rings (SSSR count). The van der Waals surface area contributed by atoms with Gasteiger partial charge in [-0.25, -0.2) is 0 Å². The Labute approximate surface area is 135 Å². The van der Waals surface area contributed by atoms with Crippen molar-refractivity contribution in [2.75, 3.05) is 6.61 Å². The van der Waals surface area contributed by atoms with E-state index in [1.165, 1.54) is 20.9 Å². The number of thiophene rings is 1. The summed E-state index contributed by atoms with van der Waals surface area (Å²) < 4.78 is 6.58. The molecule has 1 heterocycles. The normalized spacial score (nSPS) is 12.5. The van der Waals surface area contributed by atoms with E-state index in [1.807, 2.05) is 30.4 Å². The van der Waals surface area contributed by atoms with Crippen molar-refractivity contribution in [3.8, 4) is 5.75 Å².